The van der Waals surface area contributed by atoms with Gasteiger partial charge in [-0.1, -0.05) is 0 Å². The van der Waals surface area contributed by atoms with Crippen LogP contribution in [0.3, 0.4) is 0 Å². The Labute approximate surface area is 288 Å². The van der Waals surface area contributed by atoms with E-state index >= 15 is 0 Å². The molecule has 8 nitrogen and oxygen atoms in total. The number of rotatable bonds is 8. The molecule has 0 amide bonds. The summed E-state index contributed by atoms with van der Waals surface area (Å²) in [5.41, 5.74) is 8.46. The van der Waals surface area contributed by atoms with Gasteiger partial charge in [-0.2, -0.15) is 0 Å². The molecule has 0 N–H and O–H groups in total. The van der Waals surface area contributed by atoms with Crippen LogP contribution in [0.4, 0.5) is 0 Å². The Kier molecular flexibility index (Phi) is 6.32. The maximum Gasteiger partial charge on any atom is 0.0965 e. The Hall–Kier alpha value is -7.06. The molecule has 8 aromatic heterocycles. The van der Waals surface area contributed by atoms with Crippen LogP contribution < -0.4 is 0 Å². The molecule has 8 heteroatoms. The summed E-state index contributed by atoms with van der Waals surface area (Å²) in [5, 5.41) is 2.20. The molecule has 0 spiro atoms. The smallest absolute Gasteiger partial charge is 0.0965 e. The second-order valence-electron chi connectivity index (χ2n) is 12.3. The maximum atomic E-state index is 2.27. The largest absolute Gasteiger partial charge is 0.321 e. The van der Waals surface area contributed by atoms with Crippen LogP contribution in [-0.4, -0.2) is 36.5 Å². The van der Waals surface area contributed by atoms with E-state index in [0.29, 0.717) is 0 Å². The van der Waals surface area contributed by atoms with Crippen molar-refractivity contribution in [3.63, 3.8) is 0 Å². The fraction of sp³-hybridized carbons (Fsp3) is 0. The summed E-state index contributed by atoms with van der Waals surface area (Å²) < 4.78 is 18.1. The molecule has 0 atom stereocenters. The third-order valence-electron chi connectivity index (χ3n) is 9.44. The lowest BCUT2D eigenvalue weighted by atomic mass is 9.95. The van der Waals surface area contributed by atoms with E-state index in [9.17, 15) is 0 Å². The van der Waals surface area contributed by atoms with Crippen molar-refractivity contribution in [1.82, 2.24) is 36.5 Å². The molecule has 0 saturated heterocycles. The average molecular weight is 649 g/mol. The molecule has 8 heterocycles. The van der Waals surface area contributed by atoms with Crippen LogP contribution in [0, 0.1) is 0 Å². The summed E-state index contributed by atoms with van der Waals surface area (Å²) in [7, 11) is 0. The molecular weight excluding hydrogens is 617 g/mol. The van der Waals surface area contributed by atoms with E-state index in [4.69, 9.17) is 0 Å². The summed E-state index contributed by atoms with van der Waals surface area (Å²) in [6, 6.07) is 33.6. The molecular formula is C42H32N8. The first-order valence-electron chi connectivity index (χ1n) is 16.7. The highest BCUT2D eigenvalue weighted by Crippen LogP contribution is 2.50. The van der Waals surface area contributed by atoms with Crippen LogP contribution in [0.15, 0.2) is 196 Å². The highest BCUT2D eigenvalue weighted by Gasteiger charge is 2.33. The summed E-state index contributed by atoms with van der Waals surface area (Å²) in [5.74, 6) is 0. The highest BCUT2D eigenvalue weighted by molar-refractivity contribution is 6.16. The minimum Gasteiger partial charge on any atom is -0.321 e. The van der Waals surface area contributed by atoms with E-state index in [0.717, 1.165) is 56.3 Å². The normalized spacial score (nSPS) is 11.6. The van der Waals surface area contributed by atoms with Crippen molar-refractivity contribution in [3.8, 4) is 45.5 Å². The molecule has 10 aromatic rings. The Bertz CT molecular complexity index is 2260. The zero-order valence-electron chi connectivity index (χ0n) is 27.1. The zero-order chi connectivity index (χ0) is 33.0. The van der Waals surface area contributed by atoms with Crippen LogP contribution in [-0.2, 0) is 0 Å². The number of fused-ring (bicyclic) bond motifs is 1. The van der Waals surface area contributed by atoms with Crippen molar-refractivity contribution in [2.75, 3.05) is 0 Å². The van der Waals surface area contributed by atoms with Crippen molar-refractivity contribution in [1.29, 1.82) is 0 Å². The van der Waals surface area contributed by atoms with Gasteiger partial charge >= 0.3 is 0 Å². The summed E-state index contributed by atoms with van der Waals surface area (Å²) >= 11 is 0. The van der Waals surface area contributed by atoms with Gasteiger partial charge in [0.15, 0.2) is 0 Å². The molecule has 0 aliphatic carbocycles. The molecule has 0 bridgehead atoms. The Morgan fingerprint density at radius 1 is 0.160 bits per heavy atom. The van der Waals surface area contributed by atoms with Crippen molar-refractivity contribution >= 4 is 10.8 Å². The standard InChI is InChI=1S/C42H32N8/c1-2-18-43(17-1)35-33-34(37(45-21-5-6-22-45)40(48-27-11-12-28-48)39(35)47-25-9-10-26-47)38(46-23-7-8-24-46)42(50-31-15-16-32-50)41(49-29-13-14-30-49)36(33)44-19-3-4-20-44/h1-32H. The summed E-state index contributed by atoms with van der Waals surface area (Å²) in [6.45, 7) is 0. The van der Waals surface area contributed by atoms with E-state index in [1.165, 1.54) is 0 Å². The number of hydrogen-bond donors (Lipinski definition) is 0. The maximum absolute atomic E-state index is 2.27. The Balaban J connectivity index is 1.61. The Morgan fingerprint density at radius 2 is 0.280 bits per heavy atom. The van der Waals surface area contributed by atoms with Crippen molar-refractivity contribution in [2.24, 2.45) is 0 Å². The second-order valence-corrected chi connectivity index (χ2v) is 12.3. The predicted molar refractivity (Wildman–Crippen MR) is 199 cm³/mol. The molecule has 10 rings (SSSR count). The van der Waals surface area contributed by atoms with Gasteiger partial charge in [0.05, 0.1) is 45.5 Å². The van der Waals surface area contributed by atoms with Gasteiger partial charge in [-0.3, -0.25) is 0 Å². The molecule has 0 fully saturated rings. The first-order valence-corrected chi connectivity index (χ1v) is 16.7. The fourth-order valence-corrected chi connectivity index (χ4v) is 7.47. The van der Waals surface area contributed by atoms with Gasteiger partial charge in [0.2, 0.25) is 0 Å². The Morgan fingerprint density at radius 3 is 0.420 bits per heavy atom. The minimum atomic E-state index is 1.05. The predicted octanol–water partition coefficient (Wildman–Crippen LogP) is 9.17. The van der Waals surface area contributed by atoms with E-state index in [-0.39, 0.29) is 0 Å². The molecule has 0 aliphatic rings. The van der Waals surface area contributed by atoms with Crippen LogP contribution in [0.1, 0.15) is 0 Å². The van der Waals surface area contributed by atoms with Gasteiger partial charge in [-0.05, 0) is 97.1 Å². The van der Waals surface area contributed by atoms with Crippen LogP contribution in [0.25, 0.3) is 56.3 Å². The van der Waals surface area contributed by atoms with Gasteiger partial charge < -0.3 is 36.5 Å². The molecule has 0 unspecified atom stereocenters. The number of nitrogens with zero attached hydrogens (tertiary/aromatic N) is 8. The third-order valence-corrected chi connectivity index (χ3v) is 9.44. The number of benzene rings is 2. The van der Waals surface area contributed by atoms with Gasteiger partial charge in [0.1, 0.15) is 0 Å². The minimum absolute atomic E-state index is 1.05. The second kappa shape index (κ2) is 11.3. The lowest BCUT2D eigenvalue weighted by Crippen LogP contribution is -2.17. The van der Waals surface area contributed by atoms with Crippen LogP contribution >= 0.6 is 0 Å². The summed E-state index contributed by atoms with van der Waals surface area (Å²) in [6.07, 6.45) is 34.4. The zero-order valence-corrected chi connectivity index (χ0v) is 27.1. The summed E-state index contributed by atoms with van der Waals surface area (Å²) in [4.78, 5) is 0. The average Bonchev–Trinajstić information content (AvgIpc) is 4.00. The van der Waals surface area contributed by atoms with Crippen molar-refractivity contribution in [3.05, 3.63) is 196 Å². The van der Waals surface area contributed by atoms with Gasteiger partial charge in [-0.25, -0.2) is 0 Å². The molecule has 0 saturated carbocycles. The molecule has 50 heavy (non-hydrogen) atoms. The van der Waals surface area contributed by atoms with E-state index in [1.807, 2.05) is 0 Å². The molecule has 2 aromatic carbocycles. The SMILES string of the molecule is c1ccn(-c2c(-n3cccc3)c(-n3cccc3)c3c(-n4cccc4)c(-n4cccc4)c(-n4cccc4)c(-n4cccc4)c3c2-n2cccc2)c1. The quantitative estimate of drug-likeness (QED) is 0.158. The van der Waals surface area contributed by atoms with Crippen molar-refractivity contribution in [2.45, 2.75) is 0 Å². The van der Waals surface area contributed by atoms with Gasteiger partial charge in [0, 0.05) is 110 Å². The van der Waals surface area contributed by atoms with Gasteiger partial charge in [0.25, 0.3) is 0 Å². The monoisotopic (exact) mass is 648 g/mol. The fourth-order valence-electron chi connectivity index (χ4n) is 7.47. The van der Waals surface area contributed by atoms with E-state index in [2.05, 4.69) is 233 Å². The topological polar surface area (TPSA) is 39.4 Å². The first-order chi connectivity index (χ1) is 24.9. The van der Waals surface area contributed by atoms with Crippen LogP contribution in [0.5, 0.6) is 0 Å². The highest BCUT2D eigenvalue weighted by atomic mass is 15.1. The lowest BCUT2D eigenvalue weighted by molar-refractivity contribution is 0.928. The number of hydrogen-bond acceptors (Lipinski definition) is 0. The van der Waals surface area contributed by atoms with Crippen molar-refractivity contribution < 1.29 is 0 Å². The molecule has 0 aliphatic heterocycles. The molecule has 0 radical (unpaired) electrons. The lowest BCUT2D eigenvalue weighted by Gasteiger charge is -2.31. The molecule has 240 valence electrons. The third kappa shape index (κ3) is 4.18. The first kappa shape index (κ1) is 28.0. The van der Waals surface area contributed by atoms with E-state index < -0.39 is 0 Å². The van der Waals surface area contributed by atoms with Gasteiger partial charge in [-0.15, -0.1) is 0 Å². The van der Waals surface area contributed by atoms with E-state index in [1.54, 1.807) is 0 Å². The van der Waals surface area contributed by atoms with Crippen LogP contribution in [0.2, 0.25) is 0 Å². The number of aromatic nitrogens is 8.